The minimum atomic E-state index is 0.639. The Labute approximate surface area is 94.2 Å². The summed E-state index contributed by atoms with van der Waals surface area (Å²) < 4.78 is 5.40. The van der Waals surface area contributed by atoms with E-state index in [4.69, 9.17) is 4.74 Å². The van der Waals surface area contributed by atoms with Crippen LogP contribution in [0, 0.1) is 5.92 Å². The molecule has 0 spiro atoms. The minimum absolute atomic E-state index is 0.639. The molecule has 0 aromatic carbocycles. The maximum Gasteiger partial charge on any atom is 0.0593 e. The molecule has 1 heterocycles. The summed E-state index contributed by atoms with van der Waals surface area (Å²) in [6, 6.07) is 0.639. The van der Waals surface area contributed by atoms with Crippen LogP contribution in [-0.4, -0.2) is 50.8 Å². The van der Waals surface area contributed by atoms with E-state index < -0.39 is 0 Å². The molecule has 1 fully saturated rings. The molecular formula is C12H26N2O. The first kappa shape index (κ1) is 12.9. The van der Waals surface area contributed by atoms with E-state index in [1.165, 1.54) is 25.9 Å². The van der Waals surface area contributed by atoms with Crippen molar-refractivity contribution >= 4 is 0 Å². The van der Waals surface area contributed by atoms with Crippen LogP contribution in [0.15, 0.2) is 0 Å². The van der Waals surface area contributed by atoms with Crippen LogP contribution in [0.4, 0.5) is 0 Å². The molecule has 0 aromatic rings. The molecule has 1 rings (SSSR count). The van der Waals surface area contributed by atoms with Crippen LogP contribution < -0.4 is 5.32 Å². The monoisotopic (exact) mass is 214 g/mol. The van der Waals surface area contributed by atoms with Gasteiger partial charge in [-0.1, -0.05) is 0 Å². The topological polar surface area (TPSA) is 24.5 Å². The van der Waals surface area contributed by atoms with Gasteiger partial charge in [-0.05, 0) is 46.2 Å². The summed E-state index contributed by atoms with van der Waals surface area (Å²) in [5, 5.41) is 3.36. The molecule has 0 aliphatic carbocycles. The number of nitrogens with one attached hydrogen (secondary N) is 1. The first-order valence-electron chi connectivity index (χ1n) is 6.25. The highest BCUT2D eigenvalue weighted by molar-refractivity contribution is 4.79. The van der Waals surface area contributed by atoms with Gasteiger partial charge in [0.05, 0.1) is 6.61 Å². The van der Waals surface area contributed by atoms with Crippen LogP contribution in [-0.2, 0) is 4.74 Å². The lowest BCUT2D eigenvalue weighted by Gasteiger charge is -2.35. The fraction of sp³-hybridized carbons (Fsp3) is 1.00. The number of rotatable bonds is 6. The van der Waals surface area contributed by atoms with E-state index >= 15 is 0 Å². The van der Waals surface area contributed by atoms with Crippen LogP contribution in [0.2, 0.25) is 0 Å². The number of hydrogen-bond acceptors (Lipinski definition) is 3. The average molecular weight is 214 g/mol. The average Bonchev–Trinajstić information content (AvgIpc) is 2.29. The summed E-state index contributed by atoms with van der Waals surface area (Å²) in [6.45, 7) is 9.65. The van der Waals surface area contributed by atoms with E-state index in [0.29, 0.717) is 6.04 Å². The molecule has 3 nitrogen and oxygen atoms in total. The van der Waals surface area contributed by atoms with E-state index in [9.17, 15) is 0 Å². The summed E-state index contributed by atoms with van der Waals surface area (Å²) in [7, 11) is 2.06. The second-order valence-electron chi connectivity index (χ2n) is 4.48. The van der Waals surface area contributed by atoms with Crippen LogP contribution >= 0.6 is 0 Å². The molecule has 0 saturated carbocycles. The highest BCUT2D eigenvalue weighted by Crippen LogP contribution is 2.19. The first-order chi connectivity index (χ1) is 7.27. The highest BCUT2D eigenvalue weighted by Gasteiger charge is 2.23. The Morgan fingerprint density at radius 1 is 1.53 bits per heavy atom. The van der Waals surface area contributed by atoms with Gasteiger partial charge in [-0.3, -0.25) is 0 Å². The number of likely N-dealkylation sites (tertiary alicyclic amines) is 1. The molecule has 0 aromatic heterocycles. The van der Waals surface area contributed by atoms with Gasteiger partial charge < -0.3 is 15.0 Å². The van der Waals surface area contributed by atoms with Crippen molar-refractivity contribution in [3.8, 4) is 0 Å². The standard InChI is InChI=1S/C12H26N2O/c1-4-15-9-8-14-7-5-6-12(10-14)11(2)13-3/h11-13H,4-10H2,1-3H3. The normalized spacial score (nSPS) is 25.4. The van der Waals surface area contributed by atoms with Crippen LogP contribution in [0.5, 0.6) is 0 Å². The second-order valence-corrected chi connectivity index (χ2v) is 4.48. The van der Waals surface area contributed by atoms with E-state index in [0.717, 1.165) is 25.7 Å². The second kappa shape index (κ2) is 7.20. The van der Waals surface area contributed by atoms with Gasteiger partial charge in [0.2, 0.25) is 0 Å². The lowest BCUT2D eigenvalue weighted by Crippen LogP contribution is -2.44. The van der Waals surface area contributed by atoms with Crippen molar-refractivity contribution in [1.29, 1.82) is 0 Å². The highest BCUT2D eigenvalue weighted by atomic mass is 16.5. The largest absolute Gasteiger partial charge is 0.380 e. The van der Waals surface area contributed by atoms with Gasteiger partial charge in [0.1, 0.15) is 0 Å². The molecule has 0 bridgehead atoms. The fourth-order valence-corrected chi connectivity index (χ4v) is 2.28. The predicted octanol–water partition coefficient (Wildman–Crippen LogP) is 1.34. The number of nitrogens with zero attached hydrogens (tertiary/aromatic N) is 1. The molecule has 0 amide bonds. The Kier molecular flexibility index (Phi) is 6.22. The Morgan fingerprint density at radius 3 is 3.00 bits per heavy atom. The minimum Gasteiger partial charge on any atom is -0.380 e. The summed E-state index contributed by atoms with van der Waals surface area (Å²) in [5.74, 6) is 0.811. The summed E-state index contributed by atoms with van der Waals surface area (Å²) in [4.78, 5) is 2.54. The Bertz CT molecular complexity index is 164. The fourth-order valence-electron chi connectivity index (χ4n) is 2.28. The number of piperidine rings is 1. The third-order valence-electron chi connectivity index (χ3n) is 3.46. The quantitative estimate of drug-likeness (QED) is 0.675. The summed E-state index contributed by atoms with van der Waals surface area (Å²) in [5.41, 5.74) is 0. The van der Waals surface area contributed by atoms with Crippen molar-refractivity contribution in [2.45, 2.75) is 32.7 Å². The van der Waals surface area contributed by atoms with Gasteiger partial charge in [-0.2, -0.15) is 0 Å². The van der Waals surface area contributed by atoms with Crippen LogP contribution in [0.1, 0.15) is 26.7 Å². The van der Waals surface area contributed by atoms with Crippen molar-refractivity contribution in [2.75, 3.05) is 39.9 Å². The van der Waals surface area contributed by atoms with Gasteiger partial charge in [0.15, 0.2) is 0 Å². The summed E-state index contributed by atoms with van der Waals surface area (Å²) >= 11 is 0. The SMILES string of the molecule is CCOCCN1CCCC(C(C)NC)C1. The smallest absolute Gasteiger partial charge is 0.0593 e. The first-order valence-corrected chi connectivity index (χ1v) is 6.25. The Hall–Kier alpha value is -0.120. The molecule has 2 atom stereocenters. The zero-order valence-electron chi connectivity index (χ0n) is 10.5. The van der Waals surface area contributed by atoms with Gasteiger partial charge in [0, 0.05) is 25.7 Å². The number of ether oxygens (including phenoxy) is 1. The molecule has 0 radical (unpaired) electrons. The molecule has 2 unspecified atom stereocenters. The van der Waals surface area contributed by atoms with Crippen LogP contribution in [0.25, 0.3) is 0 Å². The summed E-state index contributed by atoms with van der Waals surface area (Å²) in [6.07, 6.45) is 2.70. The zero-order valence-corrected chi connectivity index (χ0v) is 10.5. The maximum absolute atomic E-state index is 5.40. The molecular weight excluding hydrogens is 188 g/mol. The predicted molar refractivity (Wildman–Crippen MR) is 64.2 cm³/mol. The molecule has 1 aliphatic heterocycles. The van der Waals surface area contributed by atoms with Gasteiger partial charge >= 0.3 is 0 Å². The Balaban J connectivity index is 2.22. The number of hydrogen-bond donors (Lipinski definition) is 1. The lowest BCUT2D eigenvalue weighted by atomic mass is 9.92. The van der Waals surface area contributed by atoms with Gasteiger partial charge in [-0.15, -0.1) is 0 Å². The lowest BCUT2D eigenvalue weighted by molar-refractivity contribution is 0.0859. The van der Waals surface area contributed by atoms with Gasteiger partial charge in [0.25, 0.3) is 0 Å². The molecule has 90 valence electrons. The van der Waals surface area contributed by atoms with E-state index in [2.05, 4.69) is 31.1 Å². The third kappa shape index (κ3) is 4.49. The van der Waals surface area contributed by atoms with Crippen LogP contribution in [0.3, 0.4) is 0 Å². The van der Waals surface area contributed by atoms with Crippen molar-refractivity contribution in [1.82, 2.24) is 10.2 Å². The molecule has 3 heteroatoms. The molecule has 15 heavy (non-hydrogen) atoms. The zero-order chi connectivity index (χ0) is 11.1. The molecule has 1 aliphatic rings. The van der Waals surface area contributed by atoms with E-state index in [1.54, 1.807) is 0 Å². The van der Waals surface area contributed by atoms with Crippen molar-refractivity contribution in [3.05, 3.63) is 0 Å². The van der Waals surface area contributed by atoms with Crippen molar-refractivity contribution in [3.63, 3.8) is 0 Å². The van der Waals surface area contributed by atoms with E-state index in [1.807, 2.05) is 0 Å². The maximum atomic E-state index is 5.40. The molecule has 1 N–H and O–H groups in total. The van der Waals surface area contributed by atoms with Crippen molar-refractivity contribution in [2.24, 2.45) is 5.92 Å². The van der Waals surface area contributed by atoms with Gasteiger partial charge in [-0.25, -0.2) is 0 Å². The van der Waals surface area contributed by atoms with Crippen molar-refractivity contribution < 1.29 is 4.74 Å². The third-order valence-corrected chi connectivity index (χ3v) is 3.46. The molecule has 1 saturated heterocycles. The Morgan fingerprint density at radius 2 is 2.33 bits per heavy atom. The van der Waals surface area contributed by atoms with E-state index in [-0.39, 0.29) is 0 Å².